The molecule has 0 spiro atoms. The van der Waals surface area contributed by atoms with E-state index in [1.54, 1.807) is 6.26 Å². The van der Waals surface area contributed by atoms with E-state index in [9.17, 15) is 0 Å². The van der Waals surface area contributed by atoms with E-state index >= 15 is 0 Å². The van der Waals surface area contributed by atoms with Gasteiger partial charge in [-0.05, 0) is 18.6 Å². The Balaban J connectivity index is 2.73. The molecule has 1 nitrogen and oxygen atoms in total. The van der Waals surface area contributed by atoms with Gasteiger partial charge >= 0.3 is 0 Å². The lowest BCUT2D eigenvalue weighted by molar-refractivity contribution is 0.612. The van der Waals surface area contributed by atoms with Gasteiger partial charge in [0.15, 0.2) is 0 Å². The Morgan fingerprint density at radius 2 is 2.25 bits per heavy atom. The Labute approximate surface area is 76.8 Å². The molecule has 0 aliphatic carbocycles. The van der Waals surface area contributed by atoms with Crippen LogP contribution in [0.5, 0.6) is 0 Å². The Morgan fingerprint density at radius 1 is 1.42 bits per heavy atom. The molecule has 0 radical (unpaired) electrons. The maximum Gasteiger partial charge on any atom is 0.134 e. The summed E-state index contributed by atoms with van der Waals surface area (Å²) >= 11 is 4.22. The van der Waals surface area contributed by atoms with E-state index in [4.69, 9.17) is 4.42 Å². The first-order chi connectivity index (χ1) is 5.81. The van der Waals surface area contributed by atoms with E-state index in [1.165, 1.54) is 10.9 Å². The predicted octanol–water partition coefficient (Wildman–Crippen LogP) is 3.17. The monoisotopic (exact) mass is 178 g/mol. The third-order valence-electron chi connectivity index (χ3n) is 1.98. The molecule has 0 bridgehead atoms. The third-order valence-corrected chi connectivity index (χ3v) is 2.32. The SMILES string of the molecule is Cc1ccc2c(CS)coc2c1. The second-order valence-corrected chi connectivity index (χ2v) is 3.23. The number of thiol groups is 1. The van der Waals surface area contributed by atoms with Gasteiger partial charge in [-0.25, -0.2) is 0 Å². The zero-order valence-electron chi connectivity index (χ0n) is 6.87. The van der Waals surface area contributed by atoms with Crippen LogP contribution in [0.3, 0.4) is 0 Å². The lowest BCUT2D eigenvalue weighted by Gasteiger charge is -1.92. The fourth-order valence-electron chi connectivity index (χ4n) is 1.31. The van der Waals surface area contributed by atoms with Crippen molar-refractivity contribution in [1.82, 2.24) is 0 Å². The molecule has 1 aromatic heterocycles. The largest absolute Gasteiger partial charge is 0.464 e. The second kappa shape index (κ2) is 2.87. The number of hydrogen-bond acceptors (Lipinski definition) is 2. The summed E-state index contributed by atoms with van der Waals surface area (Å²) in [5.74, 6) is 0.732. The highest BCUT2D eigenvalue weighted by Crippen LogP contribution is 2.23. The van der Waals surface area contributed by atoms with E-state index in [2.05, 4.69) is 31.7 Å². The van der Waals surface area contributed by atoms with Crippen LogP contribution in [0.4, 0.5) is 0 Å². The summed E-state index contributed by atoms with van der Waals surface area (Å²) in [6.07, 6.45) is 1.77. The lowest BCUT2D eigenvalue weighted by atomic mass is 10.1. The van der Waals surface area contributed by atoms with Gasteiger partial charge < -0.3 is 4.42 Å². The maximum atomic E-state index is 5.37. The Hall–Kier alpha value is -0.890. The van der Waals surface area contributed by atoms with Crippen LogP contribution in [0.2, 0.25) is 0 Å². The molecular formula is C10H10OS. The van der Waals surface area contributed by atoms with Gasteiger partial charge in [-0.3, -0.25) is 0 Å². The number of rotatable bonds is 1. The van der Waals surface area contributed by atoms with E-state index in [0.717, 1.165) is 16.9 Å². The summed E-state index contributed by atoms with van der Waals surface area (Å²) in [6.45, 7) is 2.06. The van der Waals surface area contributed by atoms with E-state index < -0.39 is 0 Å². The van der Waals surface area contributed by atoms with E-state index in [-0.39, 0.29) is 0 Å². The van der Waals surface area contributed by atoms with Crippen molar-refractivity contribution in [1.29, 1.82) is 0 Å². The predicted molar refractivity (Wildman–Crippen MR) is 53.6 cm³/mol. The van der Waals surface area contributed by atoms with E-state index in [0.29, 0.717) is 0 Å². The van der Waals surface area contributed by atoms with Crippen molar-refractivity contribution >= 4 is 23.6 Å². The molecule has 12 heavy (non-hydrogen) atoms. The molecule has 2 heteroatoms. The van der Waals surface area contributed by atoms with Crippen LogP contribution in [0.25, 0.3) is 11.0 Å². The van der Waals surface area contributed by atoms with Gasteiger partial charge in [0, 0.05) is 16.7 Å². The van der Waals surface area contributed by atoms with Crippen LogP contribution in [-0.4, -0.2) is 0 Å². The second-order valence-electron chi connectivity index (χ2n) is 2.92. The lowest BCUT2D eigenvalue weighted by Crippen LogP contribution is -1.74. The molecule has 0 saturated carbocycles. The molecule has 0 fully saturated rings. The van der Waals surface area contributed by atoms with Gasteiger partial charge in [0.1, 0.15) is 5.58 Å². The van der Waals surface area contributed by atoms with Crippen molar-refractivity contribution in [3.8, 4) is 0 Å². The zero-order valence-corrected chi connectivity index (χ0v) is 7.77. The van der Waals surface area contributed by atoms with Gasteiger partial charge in [-0.1, -0.05) is 12.1 Å². The van der Waals surface area contributed by atoms with Crippen LogP contribution in [-0.2, 0) is 5.75 Å². The first kappa shape index (κ1) is 7.74. The van der Waals surface area contributed by atoms with Crippen molar-refractivity contribution in [3.05, 3.63) is 35.6 Å². The van der Waals surface area contributed by atoms with Gasteiger partial charge in [0.2, 0.25) is 0 Å². The fraction of sp³-hybridized carbons (Fsp3) is 0.200. The minimum atomic E-state index is 0.732. The molecule has 0 N–H and O–H groups in total. The molecule has 2 rings (SSSR count). The topological polar surface area (TPSA) is 13.1 Å². The molecule has 1 aromatic carbocycles. The Bertz CT molecular complexity index is 403. The van der Waals surface area contributed by atoms with Crippen LogP contribution in [0.15, 0.2) is 28.9 Å². The van der Waals surface area contributed by atoms with Crippen LogP contribution in [0, 0.1) is 6.92 Å². The molecular weight excluding hydrogens is 168 g/mol. The third kappa shape index (κ3) is 1.12. The Kier molecular flexibility index (Phi) is 1.85. The van der Waals surface area contributed by atoms with Crippen molar-refractivity contribution in [2.24, 2.45) is 0 Å². The zero-order chi connectivity index (χ0) is 8.55. The average Bonchev–Trinajstić information content (AvgIpc) is 2.46. The summed E-state index contributed by atoms with van der Waals surface area (Å²) < 4.78 is 5.37. The Morgan fingerprint density at radius 3 is 3.00 bits per heavy atom. The highest BCUT2D eigenvalue weighted by Gasteiger charge is 2.02. The van der Waals surface area contributed by atoms with Crippen molar-refractivity contribution < 1.29 is 4.42 Å². The molecule has 1 heterocycles. The fourth-order valence-corrected chi connectivity index (χ4v) is 1.56. The number of benzene rings is 1. The highest BCUT2D eigenvalue weighted by molar-refractivity contribution is 7.79. The van der Waals surface area contributed by atoms with Crippen molar-refractivity contribution in [2.75, 3.05) is 0 Å². The minimum absolute atomic E-state index is 0.732. The molecule has 0 saturated heterocycles. The van der Waals surface area contributed by atoms with Gasteiger partial charge in [-0.2, -0.15) is 12.6 Å². The number of aryl methyl sites for hydroxylation is 1. The standard InChI is InChI=1S/C10H10OS/c1-7-2-3-9-8(6-12)5-11-10(9)4-7/h2-5,12H,6H2,1H3. The van der Waals surface area contributed by atoms with Gasteiger partial charge in [-0.15, -0.1) is 0 Å². The first-order valence-electron chi connectivity index (χ1n) is 3.89. The normalized spacial score (nSPS) is 10.8. The molecule has 0 atom stereocenters. The summed E-state index contributed by atoms with van der Waals surface area (Å²) in [7, 11) is 0. The van der Waals surface area contributed by atoms with E-state index in [1.807, 2.05) is 6.07 Å². The smallest absolute Gasteiger partial charge is 0.134 e. The first-order valence-corrected chi connectivity index (χ1v) is 4.52. The van der Waals surface area contributed by atoms with Crippen LogP contribution >= 0.6 is 12.6 Å². The number of fused-ring (bicyclic) bond motifs is 1. The summed E-state index contributed by atoms with van der Waals surface area (Å²) in [5, 5.41) is 1.18. The number of hydrogen-bond donors (Lipinski definition) is 1. The average molecular weight is 178 g/mol. The van der Waals surface area contributed by atoms with Gasteiger partial charge in [0.25, 0.3) is 0 Å². The van der Waals surface area contributed by atoms with Crippen molar-refractivity contribution in [2.45, 2.75) is 12.7 Å². The van der Waals surface area contributed by atoms with Crippen LogP contribution in [0.1, 0.15) is 11.1 Å². The molecule has 0 amide bonds. The summed E-state index contributed by atoms with van der Waals surface area (Å²) in [5.41, 5.74) is 3.34. The quantitative estimate of drug-likeness (QED) is 0.662. The maximum absolute atomic E-state index is 5.37. The minimum Gasteiger partial charge on any atom is -0.464 e. The molecule has 2 aromatic rings. The summed E-state index contributed by atoms with van der Waals surface area (Å²) in [6, 6.07) is 6.22. The van der Waals surface area contributed by atoms with Crippen molar-refractivity contribution in [3.63, 3.8) is 0 Å². The molecule has 0 unspecified atom stereocenters. The molecule has 62 valence electrons. The molecule has 0 aliphatic heterocycles. The summed E-state index contributed by atoms with van der Waals surface area (Å²) in [4.78, 5) is 0. The van der Waals surface area contributed by atoms with Crippen LogP contribution < -0.4 is 0 Å². The van der Waals surface area contributed by atoms with Gasteiger partial charge in [0.05, 0.1) is 6.26 Å². The molecule has 0 aliphatic rings. The highest BCUT2D eigenvalue weighted by atomic mass is 32.1. The number of furan rings is 1.